The molecular weight excluding hydrogens is 454 g/mol. The van der Waals surface area contributed by atoms with Crippen LogP contribution in [0.3, 0.4) is 0 Å². The predicted octanol–water partition coefficient (Wildman–Crippen LogP) is 3.21. The van der Waals surface area contributed by atoms with Crippen molar-refractivity contribution in [2.75, 3.05) is 45.7 Å². The smallest absolute Gasteiger partial charge is 0.243 e. The third kappa shape index (κ3) is 5.89. The average molecular weight is 488 g/mol. The number of anilines is 1. The highest BCUT2D eigenvalue weighted by atomic mass is 32.2. The molecule has 1 N–H and O–H groups in total. The lowest BCUT2D eigenvalue weighted by atomic mass is 9.97. The van der Waals surface area contributed by atoms with Gasteiger partial charge in [0.05, 0.1) is 12.0 Å². The standard InChI is InChI=1S/C25H33N3O5S/c1-27-15-13-23(14-16-27)33-22-5-3-20(4-6-22)26-25(29)19-11-17-28(18-12-19)34(30,31)24-9-7-21(32-2)8-10-24/h3-10,19,23H,11-18H2,1-2H3,(H,26,29). The topological polar surface area (TPSA) is 88.2 Å². The number of hydrogen-bond donors (Lipinski definition) is 1. The monoisotopic (exact) mass is 487 g/mol. The van der Waals surface area contributed by atoms with Crippen molar-refractivity contribution in [3.8, 4) is 11.5 Å². The van der Waals surface area contributed by atoms with Gasteiger partial charge in [0.25, 0.3) is 0 Å². The first-order valence-corrected chi connectivity index (χ1v) is 13.2. The Kier molecular flexibility index (Phi) is 7.75. The minimum atomic E-state index is -3.59. The zero-order valence-corrected chi connectivity index (χ0v) is 20.6. The molecule has 2 aliphatic rings. The molecule has 2 aromatic carbocycles. The van der Waals surface area contributed by atoms with Crippen molar-refractivity contribution in [2.24, 2.45) is 5.92 Å². The first kappa shape index (κ1) is 24.5. The van der Waals surface area contributed by atoms with Crippen LogP contribution in [0.5, 0.6) is 11.5 Å². The third-order valence-electron chi connectivity index (χ3n) is 6.61. The summed E-state index contributed by atoms with van der Waals surface area (Å²) in [6, 6.07) is 13.8. The highest BCUT2D eigenvalue weighted by molar-refractivity contribution is 7.89. The first-order valence-electron chi connectivity index (χ1n) is 11.8. The highest BCUT2D eigenvalue weighted by Crippen LogP contribution is 2.27. The fourth-order valence-corrected chi connectivity index (χ4v) is 5.88. The second kappa shape index (κ2) is 10.8. The van der Waals surface area contributed by atoms with Crippen LogP contribution in [0, 0.1) is 5.92 Å². The summed E-state index contributed by atoms with van der Waals surface area (Å²) in [5, 5.41) is 2.96. The summed E-state index contributed by atoms with van der Waals surface area (Å²) in [7, 11) is 0.0763. The Labute approximate surface area is 201 Å². The molecule has 0 atom stereocenters. The van der Waals surface area contributed by atoms with E-state index in [1.165, 1.54) is 11.4 Å². The van der Waals surface area contributed by atoms with Gasteiger partial charge in [-0.05, 0) is 81.3 Å². The molecule has 2 aliphatic heterocycles. The number of amides is 1. The van der Waals surface area contributed by atoms with Crippen molar-refractivity contribution >= 4 is 21.6 Å². The summed E-state index contributed by atoms with van der Waals surface area (Å²) in [5.41, 5.74) is 0.717. The van der Waals surface area contributed by atoms with Crippen molar-refractivity contribution in [3.05, 3.63) is 48.5 Å². The molecule has 0 spiro atoms. The Balaban J connectivity index is 1.27. The molecule has 0 saturated carbocycles. The number of ether oxygens (including phenoxy) is 2. The highest BCUT2D eigenvalue weighted by Gasteiger charge is 2.32. The van der Waals surface area contributed by atoms with Crippen LogP contribution in [-0.4, -0.2) is 70.0 Å². The maximum atomic E-state index is 12.9. The second-order valence-electron chi connectivity index (χ2n) is 8.99. The Bertz CT molecular complexity index is 1060. The molecule has 2 saturated heterocycles. The van der Waals surface area contributed by atoms with E-state index in [0.717, 1.165) is 31.7 Å². The number of nitrogens with one attached hydrogen (secondary N) is 1. The molecule has 0 unspecified atom stereocenters. The molecule has 0 aromatic heterocycles. The normalized spacial score (nSPS) is 19.0. The number of hydrogen-bond acceptors (Lipinski definition) is 6. The third-order valence-corrected chi connectivity index (χ3v) is 8.52. The molecule has 184 valence electrons. The van der Waals surface area contributed by atoms with Gasteiger partial charge in [0.2, 0.25) is 15.9 Å². The van der Waals surface area contributed by atoms with Crippen molar-refractivity contribution in [1.82, 2.24) is 9.21 Å². The summed E-state index contributed by atoms with van der Waals surface area (Å²) in [4.78, 5) is 15.3. The summed E-state index contributed by atoms with van der Waals surface area (Å²) in [5.74, 6) is 1.11. The van der Waals surface area contributed by atoms with Crippen molar-refractivity contribution < 1.29 is 22.7 Å². The van der Waals surface area contributed by atoms with Gasteiger partial charge in [0.15, 0.2) is 0 Å². The largest absolute Gasteiger partial charge is 0.497 e. The lowest BCUT2D eigenvalue weighted by molar-refractivity contribution is -0.120. The summed E-state index contributed by atoms with van der Waals surface area (Å²) >= 11 is 0. The Hall–Kier alpha value is -2.62. The van der Waals surface area contributed by atoms with E-state index in [1.54, 1.807) is 24.3 Å². The number of piperidine rings is 2. The summed E-state index contributed by atoms with van der Waals surface area (Å²) in [6.07, 6.45) is 3.23. The minimum Gasteiger partial charge on any atom is -0.497 e. The summed E-state index contributed by atoms with van der Waals surface area (Å²) in [6.45, 7) is 2.71. The number of carbonyl (C=O) groups excluding carboxylic acids is 1. The summed E-state index contributed by atoms with van der Waals surface area (Å²) < 4.78 is 38.4. The Morgan fingerprint density at radius 3 is 2.06 bits per heavy atom. The van der Waals surface area contributed by atoms with Gasteiger partial charge < -0.3 is 19.7 Å². The van der Waals surface area contributed by atoms with Gasteiger partial charge in [-0.1, -0.05) is 0 Å². The number of methoxy groups -OCH3 is 1. The molecule has 2 aromatic rings. The van der Waals surface area contributed by atoms with Crippen LogP contribution in [0.15, 0.2) is 53.4 Å². The second-order valence-corrected chi connectivity index (χ2v) is 10.9. The van der Waals surface area contributed by atoms with E-state index in [4.69, 9.17) is 9.47 Å². The molecule has 9 heteroatoms. The molecule has 8 nitrogen and oxygen atoms in total. The van der Waals surface area contributed by atoms with E-state index < -0.39 is 10.0 Å². The number of benzene rings is 2. The number of nitrogens with zero attached hydrogens (tertiary/aromatic N) is 2. The van der Waals surface area contributed by atoms with Crippen LogP contribution >= 0.6 is 0 Å². The van der Waals surface area contributed by atoms with E-state index in [9.17, 15) is 13.2 Å². The predicted molar refractivity (Wildman–Crippen MR) is 131 cm³/mol. The van der Waals surface area contributed by atoms with Gasteiger partial charge in [-0.2, -0.15) is 4.31 Å². The van der Waals surface area contributed by atoms with Crippen molar-refractivity contribution in [3.63, 3.8) is 0 Å². The molecule has 0 bridgehead atoms. The van der Waals surface area contributed by atoms with Gasteiger partial charge in [-0.15, -0.1) is 0 Å². The van der Waals surface area contributed by atoms with Crippen LogP contribution < -0.4 is 14.8 Å². The van der Waals surface area contributed by atoms with Crippen LogP contribution in [0.4, 0.5) is 5.69 Å². The zero-order chi connectivity index (χ0) is 24.1. The van der Waals surface area contributed by atoms with Crippen molar-refractivity contribution in [2.45, 2.75) is 36.7 Å². The van der Waals surface area contributed by atoms with Crippen LogP contribution in [0.25, 0.3) is 0 Å². The van der Waals surface area contributed by atoms with E-state index in [1.807, 2.05) is 24.3 Å². The van der Waals surface area contributed by atoms with E-state index in [2.05, 4.69) is 17.3 Å². The molecule has 0 aliphatic carbocycles. The lowest BCUT2D eigenvalue weighted by Gasteiger charge is -2.30. The van der Waals surface area contributed by atoms with Crippen molar-refractivity contribution in [1.29, 1.82) is 0 Å². The molecule has 0 radical (unpaired) electrons. The fourth-order valence-electron chi connectivity index (χ4n) is 4.41. The first-order chi connectivity index (χ1) is 16.3. The van der Waals surface area contributed by atoms with Crippen LogP contribution in [-0.2, 0) is 14.8 Å². The molecule has 1 amide bonds. The van der Waals surface area contributed by atoms with E-state index >= 15 is 0 Å². The van der Waals surface area contributed by atoms with Crippen LogP contribution in [0.2, 0.25) is 0 Å². The van der Waals surface area contributed by atoms with Gasteiger partial charge >= 0.3 is 0 Å². The quantitative estimate of drug-likeness (QED) is 0.645. The molecule has 2 heterocycles. The lowest BCUT2D eigenvalue weighted by Crippen LogP contribution is -2.41. The Morgan fingerprint density at radius 2 is 1.47 bits per heavy atom. The van der Waals surface area contributed by atoms with Gasteiger partial charge in [0, 0.05) is 37.8 Å². The maximum Gasteiger partial charge on any atom is 0.243 e. The zero-order valence-electron chi connectivity index (χ0n) is 19.8. The molecule has 34 heavy (non-hydrogen) atoms. The van der Waals surface area contributed by atoms with Crippen LogP contribution in [0.1, 0.15) is 25.7 Å². The SMILES string of the molecule is COc1ccc(S(=O)(=O)N2CCC(C(=O)Nc3ccc(OC4CCN(C)CC4)cc3)CC2)cc1. The Morgan fingerprint density at radius 1 is 0.882 bits per heavy atom. The number of carbonyl (C=O) groups is 1. The van der Waals surface area contributed by atoms with E-state index in [0.29, 0.717) is 37.4 Å². The number of sulfonamides is 1. The van der Waals surface area contributed by atoms with Gasteiger partial charge in [-0.25, -0.2) is 8.42 Å². The maximum absolute atomic E-state index is 12.9. The molecule has 2 fully saturated rings. The minimum absolute atomic E-state index is 0.0783. The number of rotatable bonds is 7. The van der Waals surface area contributed by atoms with Gasteiger partial charge in [-0.3, -0.25) is 4.79 Å². The molecular formula is C25H33N3O5S. The average Bonchev–Trinajstić information content (AvgIpc) is 2.86. The van der Waals surface area contributed by atoms with E-state index in [-0.39, 0.29) is 22.8 Å². The number of likely N-dealkylation sites (tertiary alicyclic amines) is 1. The fraction of sp³-hybridized carbons (Fsp3) is 0.480. The van der Waals surface area contributed by atoms with Gasteiger partial charge in [0.1, 0.15) is 17.6 Å². The molecule has 4 rings (SSSR count).